The van der Waals surface area contributed by atoms with Gasteiger partial charge in [-0.1, -0.05) is 54.6 Å². The number of ketones is 1. The monoisotopic (exact) mass is 390 g/mol. The van der Waals surface area contributed by atoms with Gasteiger partial charge < -0.3 is 4.90 Å². The highest BCUT2D eigenvalue weighted by molar-refractivity contribution is 7.09. The third-order valence-corrected chi connectivity index (χ3v) is 5.92. The van der Waals surface area contributed by atoms with Crippen LogP contribution in [0.15, 0.2) is 72.1 Å². The van der Waals surface area contributed by atoms with Crippen molar-refractivity contribution < 1.29 is 9.59 Å². The molecule has 1 aromatic heterocycles. The normalized spacial score (nSPS) is 14.8. The summed E-state index contributed by atoms with van der Waals surface area (Å²) in [7, 11) is 0. The predicted octanol–water partition coefficient (Wildman–Crippen LogP) is 3.94. The van der Waals surface area contributed by atoms with Crippen LogP contribution >= 0.6 is 11.3 Å². The lowest BCUT2D eigenvalue weighted by Crippen LogP contribution is -2.48. The second kappa shape index (κ2) is 8.50. The zero-order valence-electron chi connectivity index (χ0n) is 15.6. The molecule has 0 unspecified atom stereocenters. The Balaban J connectivity index is 1.46. The molecule has 5 heteroatoms. The molecular weight excluding hydrogens is 368 g/mol. The van der Waals surface area contributed by atoms with E-state index in [4.69, 9.17) is 0 Å². The average molecular weight is 391 g/mol. The first-order chi connectivity index (χ1) is 13.7. The van der Waals surface area contributed by atoms with Crippen molar-refractivity contribution >= 4 is 23.0 Å². The molecule has 142 valence electrons. The molecule has 4 nitrogen and oxygen atoms in total. The van der Waals surface area contributed by atoms with Gasteiger partial charge in [-0.05, 0) is 17.5 Å². The van der Waals surface area contributed by atoms with Gasteiger partial charge in [-0.25, -0.2) is 0 Å². The lowest BCUT2D eigenvalue weighted by atomic mass is 9.97. The highest BCUT2D eigenvalue weighted by atomic mass is 32.1. The second-order valence-corrected chi connectivity index (χ2v) is 7.92. The minimum Gasteiger partial charge on any atom is -0.336 e. The van der Waals surface area contributed by atoms with Crippen molar-refractivity contribution in [3.8, 4) is 0 Å². The van der Waals surface area contributed by atoms with E-state index in [1.807, 2.05) is 35.2 Å². The number of carbonyl (C=O) groups is 2. The topological polar surface area (TPSA) is 40.6 Å². The van der Waals surface area contributed by atoms with Crippen molar-refractivity contribution in [1.29, 1.82) is 0 Å². The first-order valence-electron chi connectivity index (χ1n) is 9.45. The van der Waals surface area contributed by atoms with E-state index in [9.17, 15) is 9.59 Å². The number of rotatable bonds is 5. The molecule has 0 N–H and O–H groups in total. The minimum atomic E-state index is -0.110. The maximum atomic E-state index is 13.1. The third-order valence-electron chi connectivity index (χ3n) is 5.06. The Morgan fingerprint density at radius 2 is 1.46 bits per heavy atom. The number of hydrogen-bond acceptors (Lipinski definition) is 4. The number of thiophene rings is 1. The molecule has 4 rings (SSSR count). The molecule has 0 aliphatic carbocycles. The summed E-state index contributed by atoms with van der Waals surface area (Å²) in [6, 6.07) is 20.5. The molecule has 28 heavy (non-hydrogen) atoms. The summed E-state index contributed by atoms with van der Waals surface area (Å²) in [5, 5.41) is 2.09. The Labute approximate surface area is 169 Å². The van der Waals surface area contributed by atoms with E-state index in [1.54, 1.807) is 35.6 Å². The molecule has 2 heterocycles. The summed E-state index contributed by atoms with van der Waals surface area (Å²) in [6.07, 6.45) is 0. The van der Waals surface area contributed by atoms with E-state index in [-0.39, 0.29) is 11.7 Å². The molecule has 1 aliphatic heterocycles. The van der Waals surface area contributed by atoms with Crippen LogP contribution in [0.3, 0.4) is 0 Å². The molecule has 1 fully saturated rings. The largest absolute Gasteiger partial charge is 0.336 e. The number of amides is 1. The van der Waals surface area contributed by atoms with Gasteiger partial charge in [-0.15, -0.1) is 11.3 Å². The molecule has 1 saturated heterocycles. The number of piperazine rings is 1. The fourth-order valence-electron chi connectivity index (χ4n) is 3.51. The van der Waals surface area contributed by atoms with Gasteiger partial charge in [0.15, 0.2) is 5.78 Å². The van der Waals surface area contributed by atoms with Crippen LogP contribution in [0.25, 0.3) is 0 Å². The zero-order chi connectivity index (χ0) is 19.3. The van der Waals surface area contributed by atoms with Crippen LogP contribution in [0.4, 0.5) is 0 Å². The Bertz CT molecular complexity index is 946. The molecule has 0 atom stereocenters. The molecular formula is C23H22N2O2S. The summed E-state index contributed by atoms with van der Waals surface area (Å²) >= 11 is 1.76. The van der Waals surface area contributed by atoms with Crippen LogP contribution in [0, 0.1) is 0 Å². The van der Waals surface area contributed by atoms with E-state index in [0.29, 0.717) is 29.8 Å². The Kier molecular flexibility index (Phi) is 5.65. The molecule has 0 spiro atoms. The van der Waals surface area contributed by atoms with Gasteiger partial charge in [0.1, 0.15) is 0 Å². The van der Waals surface area contributed by atoms with Crippen LogP contribution in [-0.4, -0.2) is 47.7 Å². The average Bonchev–Trinajstić information content (AvgIpc) is 3.27. The number of benzene rings is 2. The lowest BCUT2D eigenvalue weighted by Gasteiger charge is -2.34. The van der Waals surface area contributed by atoms with E-state index < -0.39 is 0 Å². The number of hydrogen-bond donors (Lipinski definition) is 0. The van der Waals surface area contributed by atoms with Crippen molar-refractivity contribution in [2.45, 2.75) is 6.54 Å². The number of carbonyl (C=O) groups excluding carboxylic acids is 2. The van der Waals surface area contributed by atoms with Gasteiger partial charge >= 0.3 is 0 Å². The highest BCUT2D eigenvalue weighted by Crippen LogP contribution is 2.19. The Hall–Kier alpha value is -2.76. The Morgan fingerprint density at radius 1 is 0.786 bits per heavy atom. The molecule has 0 bridgehead atoms. The minimum absolute atomic E-state index is 0.0596. The van der Waals surface area contributed by atoms with Crippen molar-refractivity contribution in [2.24, 2.45) is 0 Å². The predicted molar refractivity (Wildman–Crippen MR) is 112 cm³/mol. The van der Waals surface area contributed by atoms with E-state index in [0.717, 1.165) is 19.6 Å². The van der Waals surface area contributed by atoms with Gasteiger partial charge in [0, 0.05) is 48.7 Å². The van der Waals surface area contributed by atoms with E-state index in [2.05, 4.69) is 22.4 Å². The lowest BCUT2D eigenvalue weighted by molar-refractivity contribution is 0.0627. The van der Waals surface area contributed by atoms with Crippen LogP contribution < -0.4 is 0 Å². The second-order valence-electron chi connectivity index (χ2n) is 6.89. The fraction of sp³-hybridized carbons (Fsp3) is 0.217. The maximum absolute atomic E-state index is 13.1. The van der Waals surface area contributed by atoms with Crippen LogP contribution in [0.2, 0.25) is 0 Å². The molecule has 3 aromatic rings. The molecule has 0 saturated carbocycles. The molecule has 1 aliphatic rings. The first kappa shape index (κ1) is 18.6. The highest BCUT2D eigenvalue weighted by Gasteiger charge is 2.25. The SMILES string of the molecule is O=C(c1ccccc1)c1ccccc1C(=O)N1CCN(Cc2cccs2)CC1. The Morgan fingerprint density at radius 3 is 2.14 bits per heavy atom. The van der Waals surface area contributed by atoms with Gasteiger partial charge in [-0.2, -0.15) is 0 Å². The van der Waals surface area contributed by atoms with Gasteiger partial charge in [-0.3, -0.25) is 14.5 Å². The molecule has 2 aromatic carbocycles. The van der Waals surface area contributed by atoms with Crippen LogP contribution in [-0.2, 0) is 6.54 Å². The first-order valence-corrected chi connectivity index (χ1v) is 10.3. The van der Waals surface area contributed by atoms with Crippen molar-refractivity contribution in [3.63, 3.8) is 0 Å². The molecule has 1 amide bonds. The van der Waals surface area contributed by atoms with E-state index in [1.165, 1.54) is 4.88 Å². The fourth-order valence-corrected chi connectivity index (χ4v) is 4.26. The van der Waals surface area contributed by atoms with Crippen molar-refractivity contribution in [2.75, 3.05) is 26.2 Å². The van der Waals surface area contributed by atoms with Crippen LogP contribution in [0.5, 0.6) is 0 Å². The summed E-state index contributed by atoms with van der Waals surface area (Å²) < 4.78 is 0. The summed E-state index contributed by atoms with van der Waals surface area (Å²) in [6.45, 7) is 3.98. The third kappa shape index (κ3) is 4.06. The smallest absolute Gasteiger partial charge is 0.254 e. The van der Waals surface area contributed by atoms with Gasteiger partial charge in [0.05, 0.1) is 5.56 Å². The number of nitrogens with zero attached hydrogens (tertiary/aromatic N) is 2. The maximum Gasteiger partial charge on any atom is 0.254 e. The van der Waals surface area contributed by atoms with Gasteiger partial charge in [0.2, 0.25) is 0 Å². The molecule has 0 radical (unpaired) electrons. The van der Waals surface area contributed by atoms with Crippen molar-refractivity contribution in [1.82, 2.24) is 9.80 Å². The van der Waals surface area contributed by atoms with Crippen molar-refractivity contribution in [3.05, 3.63) is 93.7 Å². The quantitative estimate of drug-likeness (QED) is 0.620. The van der Waals surface area contributed by atoms with Crippen LogP contribution in [0.1, 0.15) is 31.2 Å². The summed E-state index contributed by atoms with van der Waals surface area (Å²) in [5.74, 6) is -0.170. The standard InChI is InChI=1S/C23H22N2O2S/c26-22(18-7-2-1-3-8-18)20-10-4-5-11-21(20)23(27)25-14-12-24(13-15-25)17-19-9-6-16-28-19/h1-11,16H,12-15,17H2. The van der Waals surface area contributed by atoms with E-state index >= 15 is 0 Å². The summed E-state index contributed by atoms with van der Waals surface area (Å²) in [5.41, 5.74) is 1.56. The summed E-state index contributed by atoms with van der Waals surface area (Å²) in [4.78, 5) is 31.6. The zero-order valence-corrected chi connectivity index (χ0v) is 16.4. The van der Waals surface area contributed by atoms with Gasteiger partial charge in [0.25, 0.3) is 5.91 Å².